The topological polar surface area (TPSA) is 136 Å². The van der Waals surface area contributed by atoms with Crippen molar-refractivity contribution in [3.63, 3.8) is 0 Å². The Balaban J connectivity index is 1.22. The second-order valence-corrected chi connectivity index (χ2v) is 17.9. The highest BCUT2D eigenvalue weighted by atomic mass is 16.8. The van der Waals surface area contributed by atoms with Crippen LogP contribution in [0.1, 0.15) is 111 Å². The van der Waals surface area contributed by atoms with Crippen LogP contribution in [-0.2, 0) is 28.5 Å². The highest BCUT2D eigenvalue weighted by Crippen LogP contribution is 2.59. The van der Waals surface area contributed by atoms with E-state index >= 15 is 0 Å². The number of hydrogen-bond donors (Lipinski definition) is 4. The van der Waals surface area contributed by atoms with E-state index in [4.69, 9.17) is 23.7 Å². The second-order valence-electron chi connectivity index (χ2n) is 17.9. The number of carboxylic acid groups (broad SMARTS) is 1. The van der Waals surface area contributed by atoms with Gasteiger partial charge in [-0.05, 0) is 76.0 Å². The molecule has 0 amide bonds. The van der Waals surface area contributed by atoms with Crippen LogP contribution in [0.4, 0.5) is 0 Å². The molecule has 4 spiro atoms. The predicted octanol–water partition coefficient (Wildman–Crippen LogP) is 6.03. The van der Waals surface area contributed by atoms with Gasteiger partial charge in [0, 0.05) is 61.3 Å². The zero-order valence-corrected chi connectivity index (χ0v) is 30.9. The van der Waals surface area contributed by atoms with Crippen molar-refractivity contribution in [1.82, 2.24) is 5.32 Å². The van der Waals surface area contributed by atoms with Gasteiger partial charge in [0.15, 0.2) is 11.6 Å². The van der Waals surface area contributed by atoms with Crippen molar-refractivity contribution in [2.75, 3.05) is 6.54 Å². The van der Waals surface area contributed by atoms with Crippen LogP contribution in [0.25, 0.3) is 0 Å². The van der Waals surface area contributed by atoms with Crippen LogP contribution in [0, 0.1) is 29.1 Å². The van der Waals surface area contributed by atoms with E-state index in [-0.39, 0.29) is 17.9 Å². The first-order valence-electron chi connectivity index (χ1n) is 19.7. The Morgan fingerprint density at radius 2 is 1.75 bits per heavy atom. The van der Waals surface area contributed by atoms with E-state index in [1.165, 1.54) is 0 Å². The number of fused-ring (bicyclic) bond motifs is 6. The largest absolute Gasteiger partial charge is 0.478 e. The Labute approximate surface area is 302 Å². The van der Waals surface area contributed by atoms with Crippen molar-refractivity contribution < 1.29 is 43.8 Å². The van der Waals surface area contributed by atoms with E-state index in [1.54, 1.807) is 0 Å². The van der Waals surface area contributed by atoms with Crippen molar-refractivity contribution in [3.05, 3.63) is 47.7 Å². The minimum Gasteiger partial charge on any atom is -0.478 e. The molecule has 4 N–H and O–H groups in total. The average molecular weight is 710 g/mol. The molecule has 0 saturated carbocycles. The van der Waals surface area contributed by atoms with Gasteiger partial charge < -0.3 is 44.3 Å². The quantitative estimate of drug-likeness (QED) is 0.239. The summed E-state index contributed by atoms with van der Waals surface area (Å²) >= 11 is 0. The number of nitrogens with one attached hydrogen (secondary N) is 1. The molecule has 8 aliphatic rings. The van der Waals surface area contributed by atoms with E-state index in [0.717, 1.165) is 43.5 Å². The summed E-state index contributed by atoms with van der Waals surface area (Å²) in [5.41, 5.74) is 1.04. The number of carboxylic acids is 1. The standard InChI is InChI=1S/C41H59NO9/c1-24-8-6-10-32-38(20-25(2)27(4)23-42-32)15-11-28(36(44)45)19-31(38)34-35-33(43)26(3)21-40(49-34,50-35)22-30-9-7-13-39(47-30)16-17-41(51-39)37(5,46)14-12-29(18-24)48-41/h7,9-10,19,25-27,29-31,33-35,42-43,46H,1,6,8,11-18,20-23H2,2-5H3,(H,44,45)/b32-10-/t25-,26+,27-,29-,30+,31+,33+,34-,35+,37+,38+,39+,40+,41+/m0/s1. The highest BCUT2D eigenvalue weighted by molar-refractivity contribution is 5.86. The molecule has 1 aliphatic carbocycles. The molecule has 10 heteroatoms. The molecule has 0 radical (unpaired) electrons. The summed E-state index contributed by atoms with van der Waals surface area (Å²) in [5.74, 6) is -3.70. The Morgan fingerprint density at radius 1 is 0.941 bits per heavy atom. The first-order valence-corrected chi connectivity index (χ1v) is 19.7. The Hall–Kier alpha value is -2.05. The maximum absolute atomic E-state index is 12.6. The predicted molar refractivity (Wildman–Crippen MR) is 189 cm³/mol. The normalized spacial score (nSPS) is 52.4. The summed E-state index contributed by atoms with van der Waals surface area (Å²) in [7, 11) is 0. The lowest BCUT2D eigenvalue weighted by Gasteiger charge is -2.50. The molecule has 7 bridgehead atoms. The van der Waals surface area contributed by atoms with Crippen LogP contribution in [0.15, 0.2) is 47.7 Å². The van der Waals surface area contributed by atoms with Crippen LogP contribution >= 0.6 is 0 Å². The van der Waals surface area contributed by atoms with Crippen LogP contribution in [0.2, 0.25) is 0 Å². The number of aliphatic hydroxyl groups is 2. The van der Waals surface area contributed by atoms with Crippen LogP contribution in [0.3, 0.4) is 0 Å². The smallest absolute Gasteiger partial charge is 0.331 e. The molecule has 10 nitrogen and oxygen atoms in total. The van der Waals surface area contributed by atoms with E-state index in [0.29, 0.717) is 75.2 Å². The number of rotatable bonds is 1. The summed E-state index contributed by atoms with van der Waals surface area (Å²) in [4.78, 5) is 12.6. The fraction of sp³-hybridized carbons (Fsp3) is 0.780. The third-order valence-corrected chi connectivity index (χ3v) is 14.2. The molecular formula is C41H59NO9. The van der Waals surface area contributed by atoms with Crippen molar-refractivity contribution >= 4 is 5.97 Å². The van der Waals surface area contributed by atoms with Gasteiger partial charge in [-0.2, -0.15) is 0 Å². The van der Waals surface area contributed by atoms with Gasteiger partial charge in [0.1, 0.15) is 11.7 Å². The fourth-order valence-electron chi connectivity index (χ4n) is 11.0. The number of hydrogen-bond acceptors (Lipinski definition) is 9. The van der Waals surface area contributed by atoms with E-state index in [2.05, 4.69) is 44.0 Å². The molecule has 8 rings (SSSR count). The summed E-state index contributed by atoms with van der Waals surface area (Å²) < 4.78 is 34.5. The summed E-state index contributed by atoms with van der Waals surface area (Å²) in [6.45, 7) is 13.8. The molecule has 0 aromatic rings. The molecule has 51 heavy (non-hydrogen) atoms. The Bertz CT molecular complexity index is 1510. The maximum atomic E-state index is 12.6. The van der Waals surface area contributed by atoms with Crippen LogP contribution in [0.5, 0.6) is 0 Å². The minimum absolute atomic E-state index is 0.100. The Morgan fingerprint density at radius 3 is 2.55 bits per heavy atom. The van der Waals surface area contributed by atoms with Gasteiger partial charge in [-0.1, -0.05) is 57.2 Å². The second kappa shape index (κ2) is 12.8. The first kappa shape index (κ1) is 36.0. The molecular weight excluding hydrogens is 650 g/mol. The molecule has 0 unspecified atom stereocenters. The minimum atomic E-state index is -1.18. The number of carbonyl (C=O) groups is 1. The van der Waals surface area contributed by atoms with Gasteiger partial charge in [-0.15, -0.1) is 0 Å². The number of aliphatic hydroxyl groups excluding tert-OH is 1. The summed E-state index contributed by atoms with van der Waals surface area (Å²) in [5, 5.41) is 37.6. The van der Waals surface area contributed by atoms with E-state index in [1.807, 2.05) is 19.9 Å². The summed E-state index contributed by atoms with van der Waals surface area (Å²) in [6.07, 6.45) is 14.0. The molecule has 7 heterocycles. The maximum Gasteiger partial charge on any atom is 0.331 e. The molecule has 0 aromatic heterocycles. The third kappa shape index (κ3) is 6.09. The van der Waals surface area contributed by atoms with Gasteiger partial charge in [-0.3, -0.25) is 0 Å². The third-order valence-electron chi connectivity index (χ3n) is 14.2. The molecule has 282 valence electrons. The highest BCUT2D eigenvalue weighted by Gasteiger charge is 2.65. The average Bonchev–Trinajstić information content (AvgIpc) is 3.55. The molecule has 0 aromatic carbocycles. The van der Waals surface area contributed by atoms with Crippen molar-refractivity contribution in [2.45, 2.75) is 165 Å². The van der Waals surface area contributed by atoms with Gasteiger partial charge in [0.25, 0.3) is 0 Å². The van der Waals surface area contributed by atoms with Gasteiger partial charge in [0.05, 0.1) is 24.4 Å². The zero-order valence-electron chi connectivity index (χ0n) is 30.9. The van der Waals surface area contributed by atoms with Crippen LogP contribution in [-0.4, -0.2) is 81.3 Å². The lowest BCUT2D eigenvalue weighted by atomic mass is 9.59. The van der Waals surface area contributed by atoms with Crippen molar-refractivity contribution in [3.8, 4) is 0 Å². The van der Waals surface area contributed by atoms with Gasteiger partial charge >= 0.3 is 5.97 Å². The molecule has 14 atom stereocenters. The van der Waals surface area contributed by atoms with E-state index in [9.17, 15) is 20.1 Å². The number of aliphatic carboxylic acids is 1. The number of allylic oxidation sites excluding steroid dienone is 2. The lowest BCUT2D eigenvalue weighted by Crippen LogP contribution is -2.60. The fourth-order valence-corrected chi connectivity index (χ4v) is 11.0. The summed E-state index contributed by atoms with van der Waals surface area (Å²) in [6, 6.07) is 0. The van der Waals surface area contributed by atoms with E-state index < -0.39 is 58.8 Å². The first-order chi connectivity index (χ1) is 24.2. The Kier molecular flexibility index (Phi) is 9.01. The lowest BCUT2D eigenvalue weighted by molar-refractivity contribution is -0.396. The van der Waals surface area contributed by atoms with Gasteiger partial charge in [0.2, 0.25) is 5.79 Å². The van der Waals surface area contributed by atoms with Crippen molar-refractivity contribution in [2.24, 2.45) is 29.1 Å². The molecule has 5 saturated heterocycles. The molecule has 7 aliphatic heterocycles. The molecule has 5 fully saturated rings. The van der Waals surface area contributed by atoms with Crippen LogP contribution < -0.4 is 5.32 Å². The zero-order chi connectivity index (χ0) is 36.0. The SMILES string of the molecule is C=C1CC/C=C2\NC[C@H](C)[C@@H](C)C[C@@]23CCC(C(=O)O)=C[C@@H]3[C@@H]2O[C@]3(C[C@H]4C=CC[C@@]5(CC[C@@]6(O[C@@H](CC[C@@]6(C)O)C1)O5)O4)C[C@@H](C)[C@@H](O)[C@H]2O3. The van der Waals surface area contributed by atoms with Crippen molar-refractivity contribution in [1.29, 1.82) is 0 Å². The monoisotopic (exact) mass is 709 g/mol. The number of ether oxygens (including phenoxy) is 5. The van der Waals surface area contributed by atoms with Gasteiger partial charge in [-0.25, -0.2) is 4.79 Å².